The lowest BCUT2D eigenvalue weighted by Gasteiger charge is -2.28. The van der Waals surface area contributed by atoms with Gasteiger partial charge in [0, 0.05) is 6.42 Å². The molecule has 0 saturated carbocycles. The minimum Gasteiger partial charge on any atom is -0.480 e. The van der Waals surface area contributed by atoms with Crippen molar-refractivity contribution in [3.05, 3.63) is 35.9 Å². The lowest BCUT2D eigenvalue weighted by atomic mass is 10.0. The molecule has 0 bridgehead atoms. The summed E-state index contributed by atoms with van der Waals surface area (Å²) in [7, 11) is -4.48. The molecule has 1 aromatic rings. The molecule has 0 aromatic heterocycles. The molecule has 0 saturated heterocycles. The molecule has 24 nitrogen and oxygen atoms in total. The molecule has 25 heteroatoms. The Kier molecular flexibility index (Phi) is 23.2. The third kappa shape index (κ3) is 19.6. The van der Waals surface area contributed by atoms with Gasteiger partial charge in [0.1, 0.15) is 36.1 Å². The second-order valence-electron chi connectivity index (χ2n) is 13.6. The van der Waals surface area contributed by atoms with Gasteiger partial charge in [0.05, 0.1) is 18.2 Å². The van der Waals surface area contributed by atoms with Crippen LogP contribution in [0.25, 0.3) is 0 Å². The molecular formula is C34H59N11O13S. The van der Waals surface area contributed by atoms with Gasteiger partial charge in [-0.25, -0.2) is 4.79 Å². The Bertz CT molecular complexity index is 1650. The summed E-state index contributed by atoms with van der Waals surface area (Å²) in [5.74, 6) is -8.27. The normalized spacial score (nSPS) is 16.0. The molecule has 0 aliphatic carbocycles. The van der Waals surface area contributed by atoms with E-state index in [0.29, 0.717) is 5.56 Å². The van der Waals surface area contributed by atoms with Gasteiger partial charge in [-0.2, -0.15) is 8.42 Å². The lowest BCUT2D eigenvalue weighted by Crippen LogP contribution is -2.62. The monoisotopic (exact) mass is 861 g/mol. The average Bonchev–Trinajstić information content (AvgIpc) is 3.15. The van der Waals surface area contributed by atoms with E-state index < -0.39 is 112 Å². The highest BCUT2D eigenvalue weighted by Crippen LogP contribution is 2.08. The van der Waals surface area contributed by atoms with Crippen molar-refractivity contribution >= 4 is 51.5 Å². The molecule has 0 aliphatic rings. The Morgan fingerprint density at radius 3 is 1.51 bits per heavy atom. The number of nitrogens with one attached hydrogen (secondary N) is 7. The minimum absolute atomic E-state index is 0.0388. The van der Waals surface area contributed by atoms with Gasteiger partial charge in [-0.3, -0.25) is 33.3 Å². The first kappa shape index (κ1) is 52.2. The van der Waals surface area contributed by atoms with Crippen LogP contribution in [0, 0.1) is 0 Å². The molecule has 0 aliphatic heterocycles. The number of carbonyl (C=O) groups excluding carboxylic acids is 6. The first-order chi connectivity index (χ1) is 27.6. The van der Waals surface area contributed by atoms with Gasteiger partial charge in [0.2, 0.25) is 35.4 Å². The predicted octanol–water partition coefficient (Wildman–Crippen LogP) is -6.82. The Balaban J connectivity index is 3.34. The molecule has 0 heterocycles. The fraction of sp³-hybridized carbons (Fsp3) is 0.618. The first-order valence-corrected chi connectivity index (χ1v) is 20.2. The SMILES string of the molecule is C[C@@H](O)[C@H](NC(=O)[C@H](CCNCS(=O)(=O)O)NC(=O)[C@H](CCN)NC(=O)[C@@H](NC(=O)[C@@H](Cc1ccccc1)NC(=O)[C@H](CCN)NC(=O)[C@@H](N)CCN)[C@@H](C)O)C(=O)O. The summed E-state index contributed by atoms with van der Waals surface area (Å²) < 4.78 is 31.2. The van der Waals surface area contributed by atoms with Gasteiger partial charge >= 0.3 is 5.97 Å². The number of hydrogen-bond donors (Lipinski definition) is 15. The molecule has 334 valence electrons. The highest BCUT2D eigenvalue weighted by molar-refractivity contribution is 7.85. The van der Waals surface area contributed by atoms with Gasteiger partial charge in [-0.05, 0) is 71.3 Å². The molecule has 1 aromatic carbocycles. The highest BCUT2D eigenvalue weighted by Gasteiger charge is 2.35. The van der Waals surface area contributed by atoms with E-state index in [2.05, 4.69) is 37.2 Å². The van der Waals surface area contributed by atoms with Crippen molar-refractivity contribution in [2.24, 2.45) is 22.9 Å². The van der Waals surface area contributed by atoms with Crippen molar-refractivity contribution in [1.82, 2.24) is 37.2 Å². The Labute approximate surface area is 341 Å². The summed E-state index contributed by atoms with van der Waals surface area (Å²) in [5, 5.41) is 46.4. The predicted molar refractivity (Wildman–Crippen MR) is 211 cm³/mol. The molecular weight excluding hydrogens is 803 g/mol. The average molecular weight is 862 g/mol. The summed E-state index contributed by atoms with van der Waals surface area (Å²) in [6.07, 6.45) is -3.89. The molecule has 0 fully saturated rings. The van der Waals surface area contributed by atoms with Crippen LogP contribution < -0.4 is 60.2 Å². The van der Waals surface area contributed by atoms with E-state index in [4.69, 9.17) is 27.5 Å². The second kappa shape index (κ2) is 26.3. The van der Waals surface area contributed by atoms with Crippen LogP contribution in [0.3, 0.4) is 0 Å². The van der Waals surface area contributed by atoms with Crippen LogP contribution in [-0.2, 0) is 50.1 Å². The van der Waals surface area contributed by atoms with Crippen molar-refractivity contribution < 1.29 is 61.9 Å². The topological polar surface area (TPSA) is 423 Å². The number of aliphatic hydroxyl groups excluding tert-OH is 2. The minimum atomic E-state index is -4.48. The van der Waals surface area contributed by atoms with Gasteiger partial charge in [-0.1, -0.05) is 30.3 Å². The number of carboxylic acids is 1. The van der Waals surface area contributed by atoms with E-state index in [-0.39, 0.29) is 58.3 Å². The van der Waals surface area contributed by atoms with Crippen LogP contribution in [0.5, 0.6) is 0 Å². The molecule has 19 N–H and O–H groups in total. The zero-order valence-electron chi connectivity index (χ0n) is 32.8. The molecule has 59 heavy (non-hydrogen) atoms. The Hall–Kier alpha value is -4.86. The van der Waals surface area contributed by atoms with Crippen molar-refractivity contribution in [3.63, 3.8) is 0 Å². The summed E-state index contributed by atoms with van der Waals surface area (Å²) in [6.45, 7) is 1.77. The maximum Gasteiger partial charge on any atom is 0.328 e. The van der Waals surface area contributed by atoms with E-state index in [1.807, 2.05) is 0 Å². The largest absolute Gasteiger partial charge is 0.480 e. The van der Waals surface area contributed by atoms with Gasteiger partial charge in [0.15, 0.2) is 6.04 Å². The van der Waals surface area contributed by atoms with E-state index in [9.17, 15) is 57.3 Å². The number of aliphatic hydroxyl groups is 2. The van der Waals surface area contributed by atoms with Crippen molar-refractivity contribution in [2.45, 2.75) is 100 Å². The van der Waals surface area contributed by atoms with Crippen molar-refractivity contribution in [3.8, 4) is 0 Å². The third-order valence-electron chi connectivity index (χ3n) is 8.54. The standard InChI is InChI=1S/C34H59N11O13S/c1-18(46)26(44-32(52)25(16-20-6-4-3-5-7-20)43-30(50)22(9-13-36)40-28(48)21(38)8-12-35)33(53)42-23(10-14-37)29(49)41-24(11-15-39-17-59(56,57)58)31(51)45-27(19(2)47)34(54)55/h3-7,18-19,21-27,39,46-47H,8-17,35-38H2,1-2H3,(H,40,48)(H,41,49)(H,42,53)(H,43,50)(H,44,52)(H,45,51)(H,54,55)(H,56,57,58)/t18-,19-,21+,22+,23+,24+,25-,26+,27+/m1/s1. The third-order valence-corrected chi connectivity index (χ3v) is 9.11. The van der Waals surface area contributed by atoms with Crippen molar-refractivity contribution in [1.29, 1.82) is 0 Å². The van der Waals surface area contributed by atoms with Gasteiger partial charge in [0.25, 0.3) is 10.1 Å². The summed E-state index contributed by atoms with van der Waals surface area (Å²) in [5.41, 5.74) is 23.3. The maximum absolute atomic E-state index is 13.8. The maximum atomic E-state index is 13.8. The summed E-state index contributed by atoms with van der Waals surface area (Å²) in [6, 6.07) is -1.96. The van der Waals surface area contributed by atoms with Crippen LogP contribution in [0.4, 0.5) is 0 Å². The second-order valence-corrected chi connectivity index (χ2v) is 15.0. The fourth-order valence-corrected chi connectivity index (χ4v) is 5.75. The molecule has 1 rings (SSSR count). The van der Waals surface area contributed by atoms with Crippen LogP contribution in [0.1, 0.15) is 45.1 Å². The number of rotatable bonds is 28. The number of benzene rings is 1. The van der Waals surface area contributed by atoms with Gasteiger partial charge in [-0.15, -0.1) is 0 Å². The van der Waals surface area contributed by atoms with E-state index >= 15 is 0 Å². The van der Waals surface area contributed by atoms with Gasteiger partial charge < -0.3 is 75.5 Å². The Morgan fingerprint density at radius 1 is 0.610 bits per heavy atom. The van der Waals surface area contributed by atoms with Crippen LogP contribution >= 0.6 is 0 Å². The molecule has 0 spiro atoms. The number of carbonyl (C=O) groups is 7. The lowest BCUT2D eigenvalue weighted by molar-refractivity contribution is -0.145. The first-order valence-electron chi connectivity index (χ1n) is 18.6. The van der Waals surface area contributed by atoms with E-state index in [1.54, 1.807) is 30.3 Å². The number of amides is 6. The zero-order chi connectivity index (χ0) is 44.9. The molecule has 9 atom stereocenters. The van der Waals surface area contributed by atoms with Crippen LogP contribution in [0.15, 0.2) is 30.3 Å². The highest BCUT2D eigenvalue weighted by atomic mass is 32.2. The smallest absolute Gasteiger partial charge is 0.328 e. The number of nitrogens with two attached hydrogens (primary N) is 4. The quantitative estimate of drug-likeness (QED) is 0.0275. The number of hydrogen-bond acceptors (Lipinski definition) is 16. The van der Waals surface area contributed by atoms with E-state index in [1.165, 1.54) is 0 Å². The Morgan fingerprint density at radius 2 is 1.03 bits per heavy atom. The number of carboxylic acid groups (broad SMARTS) is 1. The van der Waals surface area contributed by atoms with Crippen LogP contribution in [-0.4, -0.2) is 156 Å². The zero-order valence-corrected chi connectivity index (χ0v) is 33.7. The molecule has 0 radical (unpaired) electrons. The van der Waals surface area contributed by atoms with E-state index in [0.717, 1.165) is 13.8 Å². The number of aliphatic carboxylic acids is 1. The summed E-state index contributed by atoms with van der Waals surface area (Å²) >= 11 is 0. The fourth-order valence-electron chi connectivity index (χ4n) is 5.34. The van der Waals surface area contributed by atoms with Crippen molar-refractivity contribution in [2.75, 3.05) is 32.1 Å². The molecule has 6 amide bonds. The van der Waals surface area contributed by atoms with Crippen LogP contribution in [0.2, 0.25) is 0 Å². The summed E-state index contributed by atoms with van der Waals surface area (Å²) in [4.78, 5) is 91.7. The molecule has 0 unspecified atom stereocenters.